The molecule has 0 atom stereocenters. The summed E-state index contributed by atoms with van der Waals surface area (Å²) in [7, 11) is 5.67. The van der Waals surface area contributed by atoms with E-state index in [9.17, 15) is 4.79 Å². The van der Waals surface area contributed by atoms with Gasteiger partial charge in [-0.3, -0.25) is 9.79 Å². The van der Waals surface area contributed by atoms with Crippen LogP contribution in [0, 0.1) is 0 Å². The summed E-state index contributed by atoms with van der Waals surface area (Å²) in [5.41, 5.74) is 2.65. The van der Waals surface area contributed by atoms with Gasteiger partial charge >= 0.3 is 0 Å². The number of amides is 1. The van der Waals surface area contributed by atoms with E-state index in [1.165, 1.54) is 0 Å². The van der Waals surface area contributed by atoms with Gasteiger partial charge in [0, 0.05) is 43.8 Å². The van der Waals surface area contributed by atoms with Crippen LogP contribution in [0.1, 0.15) is 21.5 Å². The molecule has 6 nitrogen and oxygen atoms in total. The first kappa shape index (κ1) is 25.2. The SMILES string of the molecule is CN=C(NCc1cccc(C(=O)NCCN(C)C)c1)NCc1ccccc1Cl.I. The predicted molar refractivity (Wildman–Crippen MR) is 131 cm³/mol. The molecule has 0 heterocycles. The normalized spacial score (nSPS) is 11.0. The number of rotatable bonds is 8. The highest BCUT2D eigenvalue weighted by Crippen LogP contribution is 2.14. The van der Waals surface area contributed by atoms with Crippen LogP contribution in [-0.4, -0.2) is 51.0 Å². The Morgan fingerprint density at radius 3 is 2.45 bits per heavy atom. The molecule has 0 saturated carbocycles. The molecule has 3 N–H and O–H groups in total. The summed E-state index contributed by atoms with van der Waals surface area (Å²) >= 11 is 6.18. The Hall–Kier alpha value is -1.84. The van der Waals surface area contributed by atoms with Gasteiger partial charge in [0.05, 0.1) is 0 Å². The number of hydrogen-bond acceptors (Lipinski definition) is 3. The molecule has 0 radical (unpaired) electrons. The molecule has 0 bridgehead atoms. The summed E-state index contributed by atoms with van der Waals surface area (Å²) in [5.74, 6) is 0.602. The largest absolute Gasteiger partial charge is 0.352 e. The number of benzene rings is 2. The first-order valence-corrected chi connectivity index (χ1v) is 9.57. The zero-order valence-electron chi connectivity index (χ0n) is 17.0. The van der Waals surface area contributed by atoms with Crippen molar-refractivity contribution in [3.8, 4) is 0 Å². The van der Waals surface area contributed by atoms with Crippen molar-refractivity contribution in [1.82, 2.24) is 20.9 Å². The van der Waals surface area contributed by atoms with E-state index in [0.29, 0.717) is 31.2 Å². The lowest BCUT2D eigenvalue weighted by Gasteiger charge is -2.13. The van der Waals surface area contributed by atoms with E-state index < -0.39 is 0 Å². The van der Waals surface area contributed by atoms with E-state index in [1.54, 1.807) is 7.05 Å². The van der Waals surface area contributed by atoms with Crippen molar-refractivity contribution in [1.29, 1.82) is 0 Å². The Kier molecular flexibility index (Phi) is 11.6. The standard InChI is InChI=1S/C21H28ClN5O.HI/c1-23-21(26-15-18-8-4-5-10-19(18)22)25-14-16-7-6-9-17(13-16)20(28)24-11-12-27(2)3;/h4-10,13H,11-12,14-15H2,1-3H3,(H,24,28)(H2,23,25,26);1H. The molecule has 1 amide bonds. The van der Waals surface area contributed by atoms with Crippen molar-refractivity contribution in [2.24, 2.45) is 4.99 Å². The maximum absolute atomic E-state index is 12.3. The van der Waals surface area contributed by atoms with Crippen LogP contribution in [0.4, 0.5) is 0 Å². The number of hydrogen-bond donors (Lipinski definition) is 3. The topological polar surface area (TPSA) is 68.8 Å². The maximum Gasteiger partial charge on any atom is 0.251 e. The summed E-state index contributed by atoms with van der Waals surface area (Å²) < 4.78 is 0. The minimum atomic E-state index is -0.0649. The molecule has 29 heavy (non-hydrogen) atoms. The van der Waals surface area contributed by atoms with Crippen LogP contribution in [0.5, 0.6) is 0 Å². The third-order valence-corrected chi connectivity index (χ3v) is 4.49. The van der Waals surface area contributed by atoms with Crippen LogP contribution >= 0.6 is 35.6 Å². The van der Waals surface area contributed by atoms with Crippen LogP contribution in [-0.2, 0) is 13.1 Å². The smallest absolute Gasteiger partial charge is 0.251 e. The third-order valence-electron chi connectivity index (χ3n) is 4.12. The number of likely N-dealkylation sites (N-methyl/N-ethyl adjacent to an activating group) is 1. The molecule has 0 saturated heterocycles. The molecular formula is C21H29ClIN5O. The molecule has 0 fully saturated rings. The van der Waals surface area contributed by atoms with Crippen LogP contribution in [0.2, 0.25) is 5.02 Å². The summed E-state index contributed by atoms with van der Waals surface area (Å²) in [5, 5.41) is 10.1. The minimum Gasteiger partial charge on any atom is -0.352 e. The average Bonchev–Trinajstić information content (AvgIpc) is 2.69. The number of halogens is 2. The first-order valence-electron chi connectivity index (χ1n) is 9.19. The molecule has 0 aromatic heterocycles. The van der Waals surface area contributed by atoms with Gasteiger partial charge in [-0.1, -0.05) is 41.9 Å². The number of carbonyl (C=O) groups is 1. The molecule has 158 valence electrons. The van der Waals surface area contributed by atoms with E-state index in [4.69, 9.17) is 11.6 Å². The van der Waals surface area contributed by atoms with Crippen LogP contribution in [0.15, 0.2) is 53.5 Å². The van der Waals surface area contributed by atoms with Crippen LogP contribution in [0.25, 0.3) is 0 Å². The Morgan fingerprint density at radius 1 is 1.03 bits per heavy atom. The molecule has 2 rings (SSSR count). The number of nitrogens with zero attached hydrogens (tertiary/aromatic N) is 2. The van der Waals surface area contributed by atoms with Crippen molar-refractivity contribution >= 4 is 47.4 Å². The second-order valence-corrected chi connectivity index (χ2v) is 7.04. The fourth-order valence-electron chi connectivity index (χ4n) is 2.54. The summed E-state index contributed by atoms with van der Waals surface area (Å²) in [4.78, 5) is 18.5. The summed E-state index contributed by atoms with van der Waals surface area (Å²) in [6, 6.07) is 15.3. The monoisotopic (exact) mass is 529 g/mol. The fraction of sp³-hybridized carbons (Fsp3) is 0.333. The first-order chi connectivity index (χ1) is 13.5. The van der Waals surface area contributed by atoms with Gasteiger partial charge in [-0.15, -0.1) is 24.0 Å². The van der Waals surface area contributed by atoms with Gasteiger partial charge in [0.15, 0.2) is 5.96 Å². The zero-order chi connectivity index (χ0) is 20.4. The molecule has 0 aliphatic carbocycles. The van der Waals surface area contributed by atoms with Gasteiger partial charge in [-0.05, 0) is 43.4 Å². The lowest BCUT2D eigenvalue weighted by atomic mass is 10.1. The second kappa shape index (κ2) is 13.4. The molecule has 2 aromatic rings. The van der Waals surface area contributed by atoms with Gasteiger partial charge in [-0.25, -0.2) is 0 Å². The fourth-order valence-corrected chi connectivity index (χ4v) is 2.75. The number of carbonyl (C=O) groups excluding carboxylic acids is 1. The number of aliphatic imine (C=N–C) groups is 1. The van der Waals surface area contributed by atoms with E-state index in [0.717, 1.165) is 22.7 Å². The molecule has 0 unspecified atom stereocenters. The van der Waals surface area contributed by atoms with Gasteiger partial charge in [0.1, 0.15) is 0 Å². The highest BCUT2D eigenvalue weighted by Gasteiger charge is 2.07. The van der Waals surface area contributed by atoms with E-state index in [1.807, 2.05) is 67.5 Å². The Labute approximate surface area is 195 Å². The number of guanidine groups is 1. The van der Waals surface area contributed by atoms with E-state index >= 15 is 0 Å². The van der Waals surface area contributed by atoms with Crippen molar-refractivity contribution in [3.05, 3.63) is 70.2 Å². The lowest BCUT2D eigenvalue weighted by molar-refractivity contribution is 0.0951. The van der Waals surface area contributed by atoms with Crippen molar-refractivity contribution in [2.45, 2.75) is 13.1 Å². The highest BCUT2D eigenvalue weighted by atomic mass is 127. The van der Waals surface area contributed by atoms with Crippen LogP contribution in [0.3, 0.4) is 0 Å². The Bertz CT molecular complexity index is 813. The maximum atomic E-state index is 12.3. The van der Waals surface area contributed by atoms with Crippen LogP contribution < -0.4 is 16.0 Å². The summed E-state index contributed by atoms with van der Waals surface area (Å²) in [6.07, 6.45) is 0. The predicted octanol–water partition coefficient (Wildman–Crippen LogP) is 3.11. The molecule has 0 aliphatic heterocycles. The van der Waals surface area contributed by atoms with E-state index in [-0.39, 0.29) is 29.9 Å². The quantitative estimate of drug-likeness (QED) is 0.279. The van der Waals surface area contributed by atoms with Crippen molar-refractivity contribution in [3.63, 3.8) is 0 Å². The zero-order valence-corrected chi connectivity index (χ0v) is 20.1. The molecule has 2 aromatic carbocycles. The second-order valence-electron chi connectivity index (χ2n) is 6.63. The number of nitrogens with one attached hydrogen (secondary N) is 3. The molecular weight excluding hydrogens is 501 g/mol. The average molecular weight is 530 g/mol. The highest BCUT2D eigenvalue weighted by molar-refractivity contribution is 14.0. The third kappa shape index (κ3) is 9.01. The van der Waals surface area contributed by atoms with Gasteiger partial charge in [0.25, 0.3) is 5.91 Å². The molecule has 0 spiro atoms. The van der Waals surface area contributed by atoms with E-state index in [2.05, 4.69) is 20.9 Å². The van der Waals surface area contributed by atoms with Gasteiger partial charge in [-0.2, -0.15) is 0 Å². The lowest BCUT2D eigenvalue weighted by Crippen LogP contribution is -2.36. The van der Waals surface area contributed by atoms with Gasteiger partial charge < -0.3 is 20.9 Å². The summed E-state index contributed by atoms with van der Waals surface area (Å²) in [6.45, 7) is 2.56. The van der Waals surface area contributed by atoms with Crippen molar-refractivity contribution < 1.29 is 4.79 Å². The Morgan fingerprint density at radius 2 is 1.76 bits per heavy atom. The van der Waals surface area contributed by atoms with Gasteiger partial charge in [0.2, 0.25) is 0 Å². The molecule has 8 heteroatoms. The molecule has 0 aliphatic rings. The van der Waals surface area contributed by atoms with Crippen molar-refractivity contribution in [2.75, 3.05) is 34.2 Å². The minimum absolute atomic E-state index is 0. The Balaban J connectivity index is 0.00000420.